The van der Waals surface area contributed by atoms with Gasteiger partial charge in [-0.3, -0.25) is 9.59 Å². The zero-order valence-electron chi connectivity index (χ0n) is 18.1. The third-order valence-electron chi connectivity index (χ3n) is 7.07. The van der Waals surface area contributed by atoms with E-state index >= 15 is 0 Å². The van der Waals surface area contributed by atoms with Crippen LogP contribution in [-0.2, 0) is 24.7 Å². The topological polar surface area (TPSA) is 55.8 Å². The summed E-state index contributed by atoms with van der Waals surface area (Å²) in [5, 5.41) is 0. The molecule has 3 heterocycles. The summed E-state index contributed by atoms with van der Waals surface area (Å²) in [6.07, 6.45) is 2.30. The highest BCUT2D eigenvalue weighted by atomic mass is 16.5. The number of hydrogen-bond acceptors (Lipinski definition) is 4. The van der Waals surface area contributed by atoms with Crippen molar-refractivity contribution in [2.45, 2.75) is 44.8 Å². The van der Waals surface area contributed by atoms with E-state index < -0.39 is 23.5 Å². The summed E-state index contributed by atoms with van der Waals surface area (Å²) in [6, 6.07) is 17.2. The van der Waals surface area contributed by atoms with E-state index in [1.807, 2.05) is 61.5 Å². The highest BCUT2D eigenvalue weighted by Crippen LogP contribution is 2.67. The standard InChI is InChI=1S/C26H27NO4/c1-4-5-14-19(16(2)30-3)26-20-15-10-9-13-18(20)23(31-26)21-22(26)25(29)27(24(21)28)17-11-7-6-8-12-17/h6-13,15,21-23H,4-5,14H2,1-3H3/b19-16+/t21?,22?,23-,26+/m0/s1. The molecule has 2 unspecified atom stereocenters. The molecule has 5 rings (SSSR count). The summed E-state index contributed by atoms with van der Waals surface area (Å²) in [4.78, 5) is 28.8. The molecule has 2 aromatic rings. The number of para-hydroxylation sites is 1. The molecule has 160 valence electrons. The van der Waals surface area contributed by atoms with Gasteiger partial charge in [0.25, 0.3) is 0 Å². The summed E-state index contributed by atoms with van der Waals surface area (Å²) < 4.78 is 12.4. The molecule has 2 fully saturated rings. The molecule has 0 N–H and O–H groups in total. The predicted octanol–water partition coefficient (Wildman–Crippen LogP) is 4.88. The fourth-order valence-electron chi connectivity index (χ4n) is 5.70. The predicted molar refractivity (Wildman–Crippen MR) is 117 cm³/mol. The first-order chi connectivity index (χ1) is 15.1. The monoisotopic (exact) mass is 417 g/mol. The van der Waals surface area contributed by atoms with Crippen LogP contribution < -0.4 is 4.90 Å². The molecule has 0 radical (unpaired) electrons. The molecule has 4 atom stereocenters. The molecule has 2 aromatic carbocycles. The number of hydrogen-bond donors (Lipinski definition) is 0. The zero-order chi connectivity index (χ0) is 21.8. The quantitative estimate of drug-likeness (QED) is 0.496. The normalized spacial score (nSPS) is 29.1. The number of allylic oxidation sites excluding steroid dienone is 1. The smallest absolute Gasteiger partial charge is 0.241 e. The number of methoxy groups -OCH3 is 1. The van der Waals surface area contributed by atoms with Crippen LogP contribution in [0.4, 0.5) is 5.69 Å². The van der Waals surface area contributed by atoms with Crippen molar-refractivity contribution >= 4 is 17.5 Å². The van der Waals surface area contributed by atoms with Gasteiger partial charge in [-0.1, -0.05) is 55.8 Å². The first-order valence-electron chi connectivity index (χ1n) is 11.0. The molecule has 3 aliphatic rings. The summed E-state index contributed by atoms with van der Waals surface area (Å²) in [6.45, 7) is 4.07. The lowest BCUT2D eigenvalue weighted by molar-refractivity contribution is -0.128. The van der Waals surface area contributed by atoms with Crippen molar-refractivity contribution in [3.8, 4) is 0 Å². The summed E-state index contributed by atoms with van der Waals surface area (Å²) in [5.41, 5.74) is 2.65. The molecule has 2 bridgehead atoms. The molecule has 2 amide bonds. The second-order valence-electron chi connectivity index (χ2n) is 8.55. The first kappa shape index (κ1) is 20.0. The third-order valence-corrected chi connectivity index (χ3v) is 7.07. The molecule has 5 nitrogen and oxygen atoms in total. The van der Waals surface area contributed by atoms with E-state index in [9.17, 15) is 9.59 Å². The van der Waals surface area contributed by atoms with Crippen LogP contribution in [0.1, 0.15) is 50.3 Å². The van der Waals surface area contributed by atoms with Crippen LogP contribution in [-0.4, -0.2) is 18.9 Å². The van der Waals surface area contributed by atoms with Gasteiger partial charge in [-0.25, -0.2) is 4.90 Å². The van der Waals surface area contributed by atoms with Crippen LogP contribution in [0.15, 0.2) is 65.9 Å². The highest BCUT2D eigenvalue weighted by Gasteiger charge is 2.72. The Morgan fingerprint density at radius 1 is 1.06 bits per heavy atom. The maximum Gasteiger partial charge on any atom is 0.241 e. The number of benzene rings is 2. The number of imide groups is 1. The minimum absolute atomic E-state index is 0.174. The summed E-state index contributed by atoms with van der Waals surface area (Å²) in [7, 11) is 1.65. The van der Waals surface area contributed by atoms with E-state index in [1.165, 1.54) is 4.90 Å². The van der Waals surface area contributed by atoms with E-state index in [0.29, 0.717) is 5.69 Å². The number of carbonyl (C=O) groups is 2. The number of nitrogens with zero attached hydrogens (tertiary/aromatic N) is 1. The Hall–Kier alpha value is -2.92. The van der Waals surface area contributed by atoms with Crippen LogP contribution in [0.25, 0.3) is 0 Å². The molecular weight excluding hydrogens is 390 g/mol. The Labute approximate surface area is 182 Å². The van der Waals surface area contributed by atoms with Gasteiger partial charge >= 0.3 is 0 Å². The van der Waals surface area contributed by atoms with Crippen LogP contribution in [0.3, 0.4) is 0 Å². The molecule has 0 spiro atoms. The minimum atomic E-state index is -0.961. The number of anilines is 1. The van der Waals surface area contributed by atoms with E-state index in [0.717, 1.165) is 41.7 Å². The maximum absolute atomic E-state index is 13.9. The van der Waals surface area contributed by atoms with Gasteiger partial charge in [0.05, 0.1) is 36.5 Å². The minimum Gasteiger partial charge on any atom is -0.501 e. The van der Waals surface area contributed by atoms with Gasteiger partial charge < -0.3 is 9.47 Å². The van der Waals surface area contributed by atoms with Gasteiger partial charge in [0.15, 0.2) is 0 Å². The number of unbranched alkanes of at least 4 members (excludes halogenated alkanes) is 1. The van der Waals surface area contributed by atoms with Gasteiger partial charge in [0, 0.05) is 5.57 Å². The van der Waals surface area contributed by atoms with Crippen molar-refractivity contribution in [1.29, 1.82) is 0 Å². The van der Waals surface area contributed by atoms with Crippen LogP contribution in [0, 0.1) is 11.8 Å². The summed E-state index contributed by atoms with van der Waals surface area (Å²) in [5.74, 6) is -0.701. The molecular formula is C26H27NO4. The van der Waals surface area contributed by atoms with Crippen LogP contribution in [0.2, 0.25) is 0 Å². The van der Waals surface area contributed by atoms with Crippen molar-refractivity contribution in [1.82, 2.24) is 0 Å². The van der Waals surface area contributed by atoms with E-state index in [-0.39, 0.29) is 11.8 Å². The van der Waals surface area contributed by atoms with Gasteiger partial charge in [0.1, 0.15) is 5.60 Å². The third kappa shape index (κ3) is 2.59. The Morgan fingerprint density at radius 3 is 2.48 bits per heavy atom. The average molecular weight is 418 g/mol. The molecule has 31 heavy (non-hydrogen) atoms. The number of fused-ring (bicyclic) bond motifs is 8. The van der Waals surface area contributed by atoms with Gasteiger partial charge in [-0.15, -0.1) is 0 Å². The van der Waals surface area contributed by atoms with Crippen LogP contribution >= 0.6 is 0 Å². The van der Waals surface area contributed by atoms with Gasteiger partial charge in [0.2, 0.25) is 11.8 Å². The largest absolute Gasteiger partial charge is 0.501 e. The Morgan fingerprint density at radius 2 is 1.77 bits per heavy atom. The zero-order valence-corrected chi connectivity index (χ0v) is 18.1. The van der Waals surface area contributed by atoms with E-state index in [2.05, 4.69) is 6.92 Å². The summed E-state index contributed by atoms with van der Waals surface area (Å²) >= 11 is 0. The van der Waals surface area contributed by atoms with Crippen molar-refractivity contribution < 1.29 is 19.1 Å². The molecule has 5 heteroatoms. The lowest BCUT2D eigenvalue weighted by Crippen LogP contribution is -2.42. The molecule has 0 aliphatic carbocycles. The Bertz CT molecular complexity index is 1080. The Kier molecular flexibility index (Phi) is 4.74. The van der Waals surface area contributed by atoms with Crippen LogP contribution in [0.5, 0.6) is 0 Å². The molecule has 2 saturated heterocycles. The lowest BCUT2D eigenvalue weighted by atomic mass is 9.65. The Balaban J connectivity index is 1.72. The maximum atomic E-state index is 13.9. The van der Waals surface area contributed by atoms with Crippen molar-refractivity contribution in [3.63, 3.8) is 0 Å². The highest BCUT2D eigenvalue weighted by molar-refractivity contribution is 6.23. The van der Waals surface area contributed by atoms with Crippen molar-refractivity contribution in [2.24, 2.45) is 11.8 Å². The van der Waals surface area contributed by atoms with E-state index in [1.54, 1.807) is 7.11 Å². The molecule has 3 aliphatic heterocycles. The average Bonchev–Trinajstić information content (AvgIpc) is 3.41. The lowest BCUT2D eigenvalue weighted by Gasteiger charge is -2.36. The van der Waals surface area contributed by atoms with E-state index in [4.69, 9.17) is 9.47 Å². The van der Waals surface area contributed by atoms with Gasteiger partial charge in [-0.05, 0) is 43.0 Å². The number of ether oxygens (including phenoxy) is 2. The van der Waals surface area contributed by atoms with Gasteiger partial charge in [-0.2, -0.15) is 0 Å². The molecule has 0 saturated carbocycles. The van der Waals surface area contributed by atoms with Crippen molar-refractivity contribution in [3.05, 3.63) is 77.1 Å². The van der Waals surface area contributed by atoms with Crippen molar-refractivity contribution in [2.75, 3.05) is 12.0 Å². The SMILES string of the molecule is CCCC/C(=C(/C)OC)[C@@]12O[C@@H](c3ccccc31)C1C(=O)N(c3ccccc3)C(=O)C12. The first-order valence-corrected chi connectivity index (χ1v) is 11.0. The second kappa shape index (κ2) is 7.34. The fourth-order valence-corrected chi connectivity index (χ4v) is 5.70. The second-order valence-corrected chi connectivity index (χ2v) is 8.55. The molecule has 0 aromatic heterocycles. The number of amides is 2. The fraction of sp³-hybridized carbons (Fsp3) is 0.385. The number of rotatable bonds is 6. The number of carbonyl (C=O) groups excluding carboxylic acids is 2.